The molecular formula is C16H18O3. The fourth-order valence-electron chi connectivity index (χ4n) is 1.71. The molecule has 0 saturated carbocycles. The van der Waals surface area contributed by atoms with Crippen molar-refractivity contribution in [3.8, 4) is 17.2 Å². The number of aromatic hydroxyl groups is 1. The Labute approximate surface area is 113 Å². The van der Waals surface area contributed by atoms with Crippen molar-refractivity contribution in [2.45, 2.75) is 13.3 Å². The van der Waals surface area contributed by atoms with Crippen LogP contribution in [0.25, 0.3) is 0 Å². The molecule has 19 heavy (non-hydrogen) atoms. The standard InChI is InChI=1S/C16H18O3/c1-2-13-6-8-15(9-7-13)18-10-11-19-16-5-3-4-14(17)12-16/h3-9,12,17H,2,10-11H2,1H3. The molecule has 3 nitrogen and oxygen atoms in total. The molecule has 0 aromatic heterocycles. The third kappa shape index (κ3) is 4.21. The fourth-order valence-corrected chi connectivity index (χ4v) is 1.71. The first-order chi connectivity index (χ1) is 9.28. The molecule has 100 valence electrons. The topological polar surface area (TPSA) is 38.7 Å². The van der Waals surface area contributed by atoms with Crippen LogP contribution in [0.5, 0.6) is 17.2 Å². The average molecular weight is 258 g/mol. The molecule has 2 aromatic rings. The van der Waals surface area contributed by atoms with Crippen LogP contribution in [0.2, 0.25) is 0 Å². The maximum absolute atomic E-state index is 9.29. The van der Waals surface area contributed by atoms with Gasteiger partial charge in [-0.2, -0.15) is 0 Å². The third-order valence-electron chi connectivity index (χ3n) is 2.77. The first-order valence-electron chi connectivity index (χ1n) is 6.41. The molecule has 2 rings (SSSR count). The highest BCUT2D eigenvalue weighted by Crippen LogP contribution is 2.17. The normalized spacial score (nSPS) is 10.2. The van der Waals surface area contributed by atoms with Gasteiger partial charge in [-0.15, -0.1) is 0 Å². The minimum absolute atomic E-state index is 0.202. The van der Waals surface area contributed by atoms with Gasteiger partial charge in [0.2, 0.25) is 0 Å². The van der Waals surface area contributed by atoms with Gasteiger partial charge in [0.05, 0.1) is 0 Å². The van der Waals surface area contributed by atoms with Crippen molar-refractivity contribution in [3.63, 3.8) is 0 Å². The van der Waals surface area contributed by atoms with Crippen LogP contribution in [0.15, 0.2) is 48.5 Å². The summed E-state index contributed by atoms with van der Waals surface area (Å²) in [5.41, 5.74) is 1.29. The summed E-state index contributed by atoms with van der Waals surface area (Å²) in [6.45, 7) is 3.04. The van der Waals surface area contributed by atoms with Crippen molar-refractivity contribution in [2.75, 3.05) is 13.2 Å². The second kappa shape index (κ2) is 6.69. The molecule has 0 amide bonds. The zero-order valence-electron chi connectivity index (χ0n) is 11.0. The smallest absolute Gasteiger partial charge is 0.123 e. The Bertz CT molecular complexity index is 506. The number of hydrogen-bond donors (Lipinski definition) is 1. The fraction of sp³-hybridized carbons (Fsp3) is 0.250. The highest BCUT2D eigenvalue weighted by atomic mass is 16.5. The van der Waals surface area contributed by atoms with Crippen LogP contribution in [0.1, 0.15) is 12.5 Å². The van der Waals surface area contributed by atoms with Crippen molar-refractivity contribution in [2.24, 2.45) is 0 Å². The number of ether oxygens (including phenoxy) is 2. The summed E-state index contributed by atoms with van der Waals surface area (Å²) in [5, 5.41) is 9.29. The van der Waals surface area contributed by atoms with Crippen LogP contribution in [0, 0.1) is 0 Å². The molecule has 1 N–H and O–H groups in total. The Morgan fingerprint density at radius 3 is 2.21 bits per heavy atom. The van der Waals surface area contributed by atoms with Crippen molar-refractivity contribution in [1.29, 1.82) is 0 Å². The van der Waals surface area contributed by atoms with E-state index in [1.54, 1.807) is 24.3 Å². The van der Waals surface area contributed by atoms with Crippen LogP contribution >= 0.6 is 0 Å². The number of aryl methyl sites for hydroxylation is 1. The first kappa shape index (κ1) is 13.3. The zero-order chi connectivity index (χ0) is 13.5. The van der Waals surface area contributed by atoms with Crippen molar-refractivity contribution < 1.29 is 14.6 Å². The highest BCUT2D eigenvalue weighted by molar-refractivity contribution is 5.31. The molecule has 2 aromatic carbocycles. The highest BCUT2D eigenvalue weighted by Gasteiger charge is 1.97. The van der Waals surface area contributed by atoms with Gasteiger partial charge in [0.15, 0.2) is 0 Å². The lowest BCUT2D eigenvalue weighted by Gasteiger charge is -2.09. The minimum atomic E-state index is 0.202. The maximum Gasteiger partial charge on any atom is 0.123 e. The van der Waals surface area contributed by atoms with E-state index in [4.69, 9.17) is 9.47 Å². The van der Waals surface area contributed by atoms with Crippen LogP contribution in [-0.4, -0.2) is 18.3 Å². The summed E-state index contributed by atoms with van der Waals surface area (Å²) in [6.07, 6.45) is 1.03. The number of phenols is 1. The largest absolute Gasteiger partial charge is 0.508 e. The number of hydrogen-bond acceptors (Lipinski definition) is 3. The van der Waals surface area contributed by atoms with E-state index in [2.05, 4.69) is 19.1 Å². The van der Waals surface area contributed by atoms with Crippen molar-refractivity contribution >= 4 is 0 Å². The van der Waals surface area contributed by atoms with Crippen LogP contribution in [0.3, 0.4) is 0 Å². The van der Waals surface area contributed by atoms with Crippen LogP contribution < -0.4 is 9.47 Å². The summed E-state index contributed by atoms with van der Waals surface area (Å²) in [7, 11) is 0. The third-order valence-corrected chi connectivity index (χ3v) is 2.77. The van der Waals surface area contributed by atoms with Gasteiger partial charge in [-0.25, -0.2) is 0 Å². The predicted octanol–water partition coefficient (Wildman–Crippen LogP) is 3.41. The number of phenolic OH excluding ortho intramolecular Hbond substituents is 1. The SMILES string of the molecule is CCc1ccc(OCCOc2cccc(O)c2)cc1. The molecule has 0 heterocycles. The average Bonchev–Trinajstić information content (AvgIpc) is 2.44. The van der Waals surface area contributed by atoms with Gasteiger partial charge >= 0.3 is 0 Å². The van der Waals surface area contributed by atoms with E-state index in [1.807, 2.05) is 12.1 Å². The van der Waals surface area contributed by atoms with Crippen LogP contribution in [0.4, 0.5) is 0 Å². The molecule has 0 spiro atoms. The molecule has 0 aliphatic heterocycles. The lowest BCUT2D eigenvalue weighted by atomic mass is 10.2. The number of rotatable bonds is 6. The quantitative estimate of drug-likeness (QED) is 0.807. The van der Waals surface area contributed by atoms with Gasteiger partial charge in [0.1, 0.15) is 30.5 Å². The Kier molecular flexibility index (Phi) is 4.67. The zero-order valence-corrected chi connectivity index (χ0v) is 11.0. The Morgan fingerprint density at radius 2 is 1.58 bits per heavy atom. The molecule has 0 saturated heterocycles. The van der Waals surface area contributed by atoms with E-state index in [0.717, 1.165) is 12.2 Å². The van der Waals surface area contributed by atoms with E-state index in [9.17, 15) is 5.11 Å². The van der Waals surface area contributed by atoms with Gasteiger partial charge < -0.3 is 14.6 Å². The molecule has 0 radical (unpaired) electrons. The summed E-state index contributed by atoms with van der Waals surface area (Å²) >= 11 is 0. The molecule has 0 bridgehead atoms. The van der Waals surface area contributed by atoms with Crippen molar-refractivity contribution in [3.05, 3.63) is 54.1 Å². The summed E-state index contributed by atoms with van der Waals surface area (Å²) in [4.78, 5) is 0. The number of benzene rings is 2. The van der Waals surface area contributed by atoms with E-state index >= 15 is 0 Å². The molecular weight excluding hydrogens is 240 g/mol. The van der Waals surface area contributed by atoms with E-state index in [-0.39, 0.29) is 5.75 Å². The summed E-state index contributed by atoms with van der Waals surface area (Å²) in [6, 6.07) is 14.8. The molecule has 0 unspecified atom stereocenters. The van der Waals surface area contributed by atoms with Gasteiger partial charge in [0, 0.05) is 6.07 Å². The monoisotopic (exact) mass is 258 g/mol. The van der Waals surface area contributed by atoms with E-state index < -0.39 is 0 Å². The molecule has 3 heteroatoms. The second-order valence-electron chi connectivity index (χ2n) is 4.19. The van der Waals surface area contributed by atoms with Gasteiger partial charge in [0.25, 0.3) is 0 Å². The van der Waals surface area contributed by atoms with Gasteiger partial charge in [-0.05, 0) is 36.2 Å². The maximum atomic E-state index is 9.29. The van der Waals surface area contributed by atoms with Gasteiger partial charge in [-0.1, -0.05) is 25.1 Å². The molecule has 0 aliphatic rings. The second-order valence-corrected chi connectivity index (χ2v) is 4.19. The first-order valence-corrected chi connectivity index (χ1v) is 6.41. The summed E-state index contributed by atoms with van der Waals surface area (Å²) in [5.74, 6) is 1.69. The van der Waals surface area contributed by atoms with E-state index in [0.29, 0.717) is 19.0 Å². The Morgan fingerprint density at radius 1 is 0.895 bits per heavy atom. The lowest BCUT2D eigenvalue weighted by molar-refractivity contribution is 0.216. The molecule has 0 fully saturated rings. The molecule has 0 atom stereocenters. The van der Waals surface area contributed by atoms with Crippen LogP contribution in [-0.2, 0) is 6.42 Å². The Hall–Kier alpha value is -2.16. The Balaban J connectivity index is 1.74. The predicted molar refractivity (Wildman–Crippen MR) is 74.9 cm³/mol. The van der Waals surface area contributed by atoms with Gasteiger partial charge in [-0.3, -0.25) is 0 Å². The lowest BCUT2D eigenvalue weighted by Crippen LogP contribution is -2.08. The van der Waals surface area contributed by atoms with E-state index in [1.165, 1.54) is 5.56 Å². The summed E-state index contributed by atoms with van der Waals surface area (Å²) < 4.78 is 11.0. The minimum Gasteiger partial charge on any atom is -0.508 e. The van der Waals surface area contributed by atoms with Crippen molar-refractivity contribution in [1.82, 2.24) is 0 Å². The molecule has 0 aliphatic carbocycles.